The Balaban J connectivity index is 2.36. The monoisotopic (exact) mass is 287 g/mol. The number of benzene rings is 2. The molecule has 0 aromatic heterocycles. The normalized spacial score (nSPS) is 12.2. The second kappa shape index (κ2) is 6.59. The molecule has 0 spiro atoms. The maximum absolute atomic E-state index is 11.9. The van der Waals surface area contributed by atoms with Crippen LogP contribution in [-0.4, -0.2) is 36.1 Å². The molecule has 0 unspecified atom stereocenters. The average molecular weight is 287 g/mol. The second-order valence-corrected chi connectivity index (χ2v) is 5.08. The van der Waals surface area contributed by atoms with Crippen molar-refractivity contribution < 1.29 is 14.6 Å². The summed E-state index contributed by atoms with van der Waals surface area (Å²) in [5.41, 5.74) is 0.695. The lowest BCUT2D eigenvalue weighted by Gasteiger charge is -2.18. The predicted octanol–water partition coefficient (Wildman–Crippen LogP) is 2.75. The smallest absolute Gasteiger partial charge is 0.260 e. The molecule has 1 amide bonds. The Hall–Kier alpha value is -2.07. The first-order valence-corrected chi connectivity index (χ1v) is 7.11. The molecule has 0 fully saturated rings. The highest BCUT2D eigenvalue weighted by atomic mass is 16.5. The minimum atomic E-state index is -0.649. The van der Waals surface area contributed by atoms with Crippen molar-refractivity contribution >= 4 is 16.7 Å². The fraction of sp³-hybridized carbons (Fsp3) is 0.353. The van der Waals surface area contributed by atoms with Crippen molar-refractivity contribution in [2.75, 3.05) is 20.2 Å². The van der Waals surface area contributed by atoms with E-state index in [1.165, 1.54) is 0 Å². The summed E-state index contributed by atoms with van der Waals surface area (Å²) in [4.78, 5) is 13.5. The van der Waals surface area contributed by atoms with E-state index in [0.717, 1.165) is 10.8 Å². The summed E-state index contributed by atoms with van der Waals surface area (Å²) in [6.45, 7) is 4.22. The molecular formula is C17H21NO3. The van der Waals surface area contributed by atoms with Crippen molar-refractivity contribution in [1.29, 1.82) is 0 Å². The zero-order valence-corrected chi connectivity index (χ0v) is 12.7. The van der Waals surface area contributed by atoms with Crippen molar-refractivity contribution in [2.45, 2.75) is 20.0 Å². The van der Waals surface area contributed by atoms with Crippen LogP contribution in [0, 0.1) is 0 Å². The molecule has 0 saturated heterocycles. The van der Waals surface area contributed by atoms with Gasteiger partial charge in [0, 0.05) is 24.5 Å². The fourth-order valence-corrected chi connectivity index (χ4v) is 2.17. The number of carbonyl (C=O) groups excluding carboxylic acids is 1. The third kappa shape index (κ3) is 3.34. The van der Waals surface area contributed by atoms with Gasteiger partial charge in [-0.25, -0.2) is 0 Å². The summed E-state index contributed by atoms with van der Waals surface area (Å²) in [6, 6.07) is 11.6. The van der Waals surface area contributed by atoms with Gasteiger partial charge in [-0.2, -0.15) is 0 Å². The van der Waals surface area contributed by atoms with E-state index >= 15 is 0 Å². The van der Waals surface area contributed by atoms with Gasteiger partial charge in [0.05, 0.1) is 6.10 Å². The van der Waals surface area contributed by atoms with Crippen molar-refractivity contribution in [2.24, 2.45) is 0 Å². The largest absolute Gasteiger partial charge is 0.483 e. The molecule has 2 rings (SSSR count). The third-order valence-corrected chi connectivity index (χ3v) is 3.60. The van der Waals surface area contributed by atoms with Gasteiger partial charge >= 0.3 is 0 Å². The highest BCUT2D eigenvalue weighted by molar-refractivity contribution is 5.90. The molecule has 0 aliphatic carbocycles. The van der Waals surface area contributed by atoms with Gasteiger partial charge in [0.25, 0.3) is 5.91 Å². The summed E-state index contributed by atoms with van der Waals surface area (Å²) in [5, 5.41) is 11.8. The number of hydrogen-bond donors (Lipinski definition) is 1. The van der Waals surface area contributed by atoms with Gasteiger partial charge in [0.2, 0.25) is 0 Å². The first kappa shape index (κ1) is 15.3. The van der Waals surface area contributed by atoms with E-state index in [1.807, 2.05) is 43.3 Å². The van der Waals surface area contributed by atoms with E-state index in [4.69, 9.17) is 4.74 Å². The molecule has 1 N–H and O–H groups in total. The molecule has 21 heavy (non-hydrogen) atoms. The van der Waals surface area contributed by atoms with Gasteiger partial charge in [-0.1, -0.05) is 36.4 Å². The Morgan fingerprint density at radius 3 is 2.67 bits per heavy atom. The van der Waals surface area contributed by atoms with Crippen molar-refractivity contribution in [3.05, 3.63) is 42.0 Å². The zero-order chi connectivity index (χ0) is 15.4. The lowest BCUT2D eigenvalue weighted by atomic mass is 10.0. The Morgan fingerprint density at radius 1 is 1.29 bits per heavy atom. The first-order chi connectivity index (χ1) is 10.0. The lowest BCUT2D eigenvalue weighted by molar-refractivity contribution is -0.131. The lowest BCUT2D eigenvalue weighted by Crippen LogP contribution is -2.31. The maximum Gasteiger partial charge on any atom is 0.260 e. The van der Waals surface area contributed by atoms with Crippen LogP contribution >= 0.6 is 0 Å². The number of rotatable bonds is 5. The maximum atomic E-state index is 11.9. The van der Waals surface area contributed by atoms with Crippen molar-refractivity contribution in [3.63, 3.8) is 0 Å². The number of amides is 1. The van der Waals surface area contributed by atoms with Gasteiger partial charge in [0.1, 0.15) is 5.75 Å². The van der Waals surface area contributed by atoms with Crippen molar-refractivity contribution in [3.8, 4) is 5.75 Å². The van der Waals surface area contributed by atoms with Gasteiger partial charge in [-0.05, 0) is 19.2 Å². The quantitative estimate of drug-likeness (QED) is 0.920. The number of hydrogen-bond acceptors (Lipinski definition) is 3. The Labute approximate surface area is 124 Å². The molecule has 0 saturated carbocycles. The SMILES string of the molecule is CCN(C)C(=O)COc1c([C@H](C)O)ccc2ccccc12. The van der Waals surface area contributed by atoms with Crippen LogP contribution in [0.4, 0.5) is 0 Å². The summed E-state index contributed by atoms with van der Waals surface area (Å²) in [6.07, 6.45) is -0.649. The van der Waals surface area contributed by atoms with E-state index in [-0.39, 0.29) is 12.5 Å². The fourth-order valence-electron chi connectivity index (χ4n) is 2.17. The minimum absolute atomic E-state index is 0.0297. The molecular weight excluding hydrogens is 266 g/mol. The van der Waals surface area contributed by atoms with E-state index in [2.05, 4.69) is 0 Å². The number of aliphatic hydroxyl groups is 1. The van der Waals surface area contributed by atoms with Crippen LogP contribution in [0.15, 0.2) is 36.4 Å². The second-order valence-electron chi connectivity index (χ2n) is 5.08. The molecule has 2 aromatic carbocycles. The van der Waals surface area contributed by atoms with Crippen LogP contribution in [0.25, 0.3) is 10.8 Å². The molecule has 0 aliphatic heterocycles. The predicted molar refractivity (Wildman–Crippen MR) is 83.4 cm³/mol. The minimum Gasteiger partial charge on any atom is -0.483 e. The zero-order valence-electron chi connectivity index (χ0n) is 12.7. The number of aliphatic hydroxyl groups excluding tert-OH is 1. The topological polar surface area (TPSA) is 49.8 Å². The van der Waals surface area contributed by atoms with Crippen LogP contribution in [-0.2, 0) is 4.79 Å². The molecule has 4 heteroatoms. The molecule has 112 valence electrons. The third-order valence-electron chi connectivity index (χ3n) is 3.60. The molecule has 0 radical (unpaired) electrons. The van der Waals surface area contributed by atoms with E-state index in [1.54, 1.807) is 18.9 Å². The number of likely N-dealkylation sites (N-methyl/N-ethyl adjacent to an activating group) is 1. The van der Waals surface area contributed by atoms with Crippen LogP contribution in [0.2, 0.25) is 0 Å². The van der Waals surface area contributed by atoms with Crippen LogP contribution in [0.5, 0.6) is 5.75 Å². The van der Waals surface area contributed by atoms with Crippen LogP contribution in [0.1, 0.15) is 25.5 Å². The van der Waals surface area contributed by atoms with Gasteiger partial charge in [-0.3, -0.25) is 4.79 Å². The summed E-state index contributed by atoms with van der Waals surface area (Å²) < 4.78 is 5.75. The summed E-state index contributed by atoms with van der Waals surface area (Å²) in [5.74, 6) is 0.503. The number of carbonyl (C=O) groups is 1. The van der Waals surface area contributed by atoms with Gasteiger partial charge in [-0.15, -0.1) is 0 Å². The standard InChI is InChI=1S/C17H21NO3/c1-4-18(3)16(20)11-21-17-14(12(2)19)10-9-13-7-5-6-8-15(13)17/h5-10,12,19H,4,11H2,1-3H3/t12-/m0/s1. The van der Waals surface area contributed by atoms with E-state index in [9.17, 15) is 9.90 Å². The van der Waals surface area contributed by atoms with Crippen LogP contribution in [0.3, 0.4) is 0 Å². The Bertz CT molecular complexity index is 637. The summed E-state index contributed by atoms with van der Waals surface area (Å²) in [7, 11) is 1.74. The number of nitrogens with zero attached hydrogens (tertiary/aromatic N) is 1. The van der Waals surface area contributed by atoms with E-state index < -0.39 is 6.10 Å². The molecule has 0 aliphatic rings. The first-order valence-electron chi connectivity index (χ1n) is 7.11. The van der Waals surface area contributed by atoms with Crippen LogP contribution < -0.4 is 4.74 Å². The Kier molecular flexibility index (Phi) is 4.81. The Morgan fingerprint density at radius 2 is 2.00 bits per heavy atom. The molecule has 1 atom stereocenters. The summed E-state index contributed by atoms with van der Waals surface area (Å²) >= 11 is 0. The number of fused-ring (bicyclic) bond motifs is 1. The van der Waals surface area contributed by atoms with Crippen molar-refractivity contribution in [1.82, 2.24) is 4.90 Å². The highest BCUT2D eigenvalue weighted by Crippen LogP contribution is 2.33. The molecule has 2 aromatic rings. The molecule has 4 nitrogen and oxygen atoms in total. The molecule has 0 heterocycles. The van der Waals surface area contributed by atoms with Gasteiger partial charge in [0.15, 0.2) is 6.61 Å². The van der Waals surface area contributed by atoms with E-state index in [0.29, 0.717) is 17.9 Å². The number of ether oxygens (including phenoxy) is 1. The van der Waals surface area contributed by atoms with Gasteiger partial charge < -0.3 is 14.7 Å². The highest BCUT2D eigenvalue weighted by Gasteiger charge is 2.15. The average Bonchev–Trinajstić information content (AvgIpc) is 2.50. The molecule has 0 bridgehead atoms.